The molecular formula is C23H23NO3. The van der Waals surface area contributed by atoms with Gasteiger partial charge in [0.15, 0.2) is 12.4 Å². The number of carbonyl (C=O) groups excluding carboxylic acids is 2. The third kappa shape index (κ3) is 4.00. The molecule has 0 unspecified atom stereocenters. The van der Waals surface area contributed by atoms with Crippen molar-refractivity contribution in [1.82, 2.24) is 0 Å². The third-order valence-corrected chi connectivity index (χ3v) is 4.81. The van der Waals surface area contributed by atoms with Gasteiger partial charge in [-0.2, -0.15) is 0 Å². The van der Waals surface area contributed by atoms with Crippen LogP contribution >= 0.6 is 0 Å². The van der Waals surface area contributed by atoms with E-state index in [1.54, 1.807) is 12.2 Å². The molecule has 0 amide bonds. The number of hydrogen-bond acceptors (Lipinski definition) is 4. The lowest BCUT2D eigenvalue weighted by atomic mass is 9.83. The standard InChI is InChI=1S/C23H23NO3/c1-23(2)19-11-7-8-12-20(19)24(3)21(23)15-18(25)16-27-22(26)14-13-17-9-5-4-6-10-17/h4-15H,16H2,1-3H3/b14-13+,21-15?. The molecule has 4 heteroatoms. The van der Waals surface area contributed by atoms with Crippen LogP contribution in [0.25, 0.3) is 6.08 Å². The number of benzene rings is 2. The van der Waals surface area contributed by atoms with Crippen molar-refractivity contribution < 1.29 is 14.3 Å². The summed E-state index contributed by atoms with van der Waals surface area (Å²) in [5.41, 5.74) is 3.77. The molecule has 0 radical (unpaired) electrons. The van der Waals surface area contributed by atoms with Gasteiger partial charge in [-0.15, -0.1) is 0 Å². The number of esters is 1. The fourth-order valence-corrected chi connectivity index (χ4v) is 3.37. The van der Waals surface area contributed by atoms with E-state index in [2.05, 4.69) is 19.9 Å². The van der Waals surface area contributed by atoms with E-state index in [0.717, 1.165) is 16.9 Å². The average Bonchev–Trinajstić information content (AvgIpc) is 2.87. The van der Waals surface area contributed by atoms with Crippen LogP contribution in [0, 0.1) is 0 Å². The van der Waals surface area contributed by atoms with Gasteiger partial charge in [0, 0.05) is 36.0 Å². The Hall–Kier alpha value is -3.14. The molecule has 3 rings (SSSR count). The normalized spacial score (nSPS) is 16.6. The Morgan fingerprint density at radius 3 is 2.41 bits per heavy atom. The molecule has 1 aliphatic heterocycles. The van der Waals surface area contributed by atoms with Gasteiger partial charge >= 0.3 is 5.97 Å². The Morgan fingerprint density at radius 1 is 1.04 bits per heavy atom. The summed E-state index contributed by atoms with van der Waals surface area (Å²) in [5, 5.41) is 0. The first-order valence-electron chi connectivity index (χ1n) is 8.88. The maximum absolute atomic E-state index is 12.4. The Labute approximate surface area is 159 Å². The fraction of sp³-hybridized carbons (Fsp3) is 0.217. The second-order valence-corrected chi connectivity index (χ2v) is 7.05. The number of nitrogens with zero attached hydrogens (tertiary/aromatic N) is 1. The number of fused-ring (bicyclic) bond motifs is 1. The Bertz CT molecular complexity index is 910. The maximum Gasteiger partial charge on any atom is 0.331 e. The van der Waals surface area contributed by atoms with Crippen LogP contribution in [0.2, 0.25) is 0 Å². The van der Waals surface area contributed by atoms with Crippen molar-refractivity contribution in [3.8, 4) is 0 Å². The molecular weight excluding hydrogens is 338 g/mol. The number of rotatable bonds is 5. The highest BCUT2D eigenvalue weighted by molar-refractivity contribution is 5.96. The molecule has 0 aromatic heterocycles. The fourth-order valence-electron chi connectivity index (χ4n) is 3.37. The minimum absolute atomic E-state index is 0.237. The summed E-state index contributed by atoms with van der Waals surface area (Å²) in [6.45, 7) is 3.90. The summed E-state index contributed by atoms with van der Waals surface area (Å²) in [6, 6.07) is 17.5. The average molecular weight is 361 g/mol. The lowest BCUT2D eigenvalue weighted by molar-refractivity contribution is -0.141. The minimum atomic E-state index is -0.534. The lowest BCUT2D eigenvalue weighted by Crippen LogP contribution is -2.25. The molecule has 0 atom stereocenters. The quantitative estimate of drug-likeness (QED) is 0.594. The SMILES string of the molecule is CN1C(=CC(=O)COC(=O)/C=C/c2ccccc2)C(C)(C)c2ccccc21. The molecule has 27 heavy (non-hydrogen) atoms. The molecule has 4 nitrogen and oxygen atoms in total. The Morgan fingerprint density at radius 2 is 1.70 bits per heavy atom. The van der Waals surface area contributed by atoms with E-state index in [0.29, 0.717) is 0 Å². The van der Waals surface area contributed by atoms with E-state index in [1.807, 2.05) is 60.5 Å². The minimum Gasteiger partial charge on any atom is -0.454 e. The highest BCUT2D eigenvalue weighted by Crippen LogP contribution is 2.46. The van der Waals surface area contributed by atoms with E-state index in [9.17, 15) is 9.59 Å². The number of ether oxygens (including phenoxy) is 1. The number of anilines is 1. The molecule has 2 aromatic rings. The van der Waals surface area contributed by atoms with Gasteiger partial charge in [-0.1, -0.05) is 62.4 Å². The first-order chi connectivity index (χ1) is 12.9. The highest BCUT2D eigenvalue weighted by atomic mass is 16.5. The lowest BCUT2D eigenvalue weighted by Gasteiger charge is -2.23. The van der Waals surface area contributed by atoms with Gasteiger partial charge in [0.1, 0.15) is 0 Å². The summed E-state index contributed by atoms with van der Waals surface area (Å²) in [7, 11) is 1.95. The molecule has 2 aromatic carbocycles. The zero-order chi connectivity index (χ0) is 19.4. The number of hydrogen-bond donors (Lipinski definition) is 0. The van der Waals surface area contributed by atoms with Crippen LogP contribution in [-0.2, 0) is 19.7 Å². The van der Waals surface area contributed by atoms with Crippen LogP contribution in [0.1, 0.15) is 25.0 Å². The number of likely N-dealkylation sites (N-methyl/N-ethyl adjacent to an activating group) is 1. The van der Waals surface area contributed by atoms with Crippen molar-refractivity contribution in [2.45, 2.75) is 19.3 Å². The molecule has 0 saturated carbocycles. The van der Waals surface area contributed by atoms with Crippen molar-refractivity contribution in [3.05, 3.63) is 83.6 Å². The van der Waals surface area contributed by atoms with Gasteiger partial charge < -0.3 is 9.64 Å². The first-order valence-corrected chi connectivity index (χ1v) is 8.88. The topological polar surface area (TPSA) is 46.6 Å². The number of carbonyl (C=O) groups is 2. The summed E-state index contributed by atoms with van der Waals surface area (Å²) in [6.07, 6.45) is 4.57. The van der Waals surface area contributed by atoms with E-state index in [-0.39, 0.29) is 17.8 Å². The number of para-hydroxylation sites is 1. The van der Waals surface area contributed by atoms with E-state index in [4.69, 9.17) is 4.74 Å². The summed E-state index contributed by atoms with van der Waals surface area (Å²) < 4.78 is 5.08. The Balaban J connectivity index is 1.64. The predicted molar refractivity (Wildman–Crippen MR) is 107 cm³/mol. The van der Waals surface area contributed by atoms with Gasteiger partial charge in [0.2, 0.25) is 0 Å². The monoisotopic (exact) mass is 361 g/mol. The molecule has 1 aliphatic rings. The van der Waals surface area contributed by atoms with Gasteiger partial charge in [-0.25, -0.2) is 4.79 Å². The van der Waals surface area contributed by atoms with Gasteiger partial charge in [-0.05, 0) is 23.3 Å². The van der Waals surface area contributed by atoms with Crippen molar-refractivity contribution in [1.29, 1.82) is 0 Å². The van der Waals surface area contributed by atoms with Crippen LogP contribution in [0.15, 0.2) is 72.4 Å². The number of ketones is 1. The van der Waals surface area contributed by atoms with E-state index < -0.39 is 5.97 Å². The molecule has 0 spiro atoms. The number of allylic oxidation sites excluding steroid dienone is 1. The van der Waals surface area contributed by atoms with Gasteiger partial charge in [0.05, 0.1) is 0 Å². The van der Waals surface area contributed by atoms with Crippen molar-refractivity contribution in [2.75, 3.05) is 18.6 Å². The van der Waals surface area contributed by atoms with Crippen LogP contribution in [0.4, 0.5) is 5.69 Å². The molecule has 0 bridgehead atoms. The first kappa shape index (κ1) is 18.6. The Kier molecular flexibility index (Phi) is 5.26. The van der Waals surface area contributed by atoms with Crippen LogP contribution in [-0.4, -0.2) is 25.4 Å². The molecule has 0 N–H and O–H groups in total. The predicted octanol–water partition coefficient (Wildman–Crippen LogP) is 4.12. The molecule has 0 fully saturated rings. The van der Waals surface area contributed by atoms with Crippen LogP contribution in [0.5, 0.6) is 0 Å². The third-order valence-electron chi connectivity index (χ3n) is 4.81. The largest absolute Gasteiger partial charge is 0.454 e. The molecule has 0 saturated heterocycles. The van der Waals surface area contributed by atoms with Crippen LogP contribution in [0.3, 0.4) is 0 Å². The summed E-state index contributed by atoms with van der Waals surface area (Å²) in [5.74, 6) is -0.771. The van der Waals surface area contributed by atoms with Crippen molar-refractivity contribution in [2.24, 2.45) is 0 Å². The van der Waals surface area contributed by atoms with E-state index in [1.165, 1.54) is 11.6 Å². The summed E-state index contributed by atoms with van der Waals surface area (Å²) >= 11 is 0. The molecule has 138 valence electrons. The smallest absolute Gasteiger partial charge is 0.331 e. The van der Waals surface area contributed by atoms with Crippen molar-refractivity contribution in [3.63, 3.8) is 0 Å². The van der Waals surface area contributed by atoms with Gasteiger partial charge in [0.25, 0.3) is 0 Å². The zero-order valence-electron chi connectivity index (χ0n) is 15.8. The molecule has 0 aliphatic carbocycles. The zero-order valence-corrected chi connectivity index (χ0v) is 15.8. The molecule has 1 heterocycles. The summed E-state index contributed by atoms with van der Waals surface area (Å²) in [4.78, 5) is 26.2. The van der Waals surface area contributed by atoms with E-state index >= 15 is 0 Å². The van der Waals surface area contributed by atoms with Gasteiger partial charge in [-0.3, -0.25) is 4.79 Å². The second kappa shape index (κ2) is 7.62. The van der Waals surface area contributed by atoms with Crippen LogP contribution < -0.4 is 4.90 Å². The van der Waals surface area contributed by atoms with Crippen molar-refractivity contribution >= 4 is 23.5 Å². The highest BCUT2D eigenvalue weighted by Gasteiger charge is 2.38. The maximum atomic E-state index is 12.4. The second-order valence-electron chi connectivity index (χ2n) is 7.05.